The van der Waals surface area contributed by atoms with E-state index in [1.807, 2.05) is 28.6 Å². The number of thiazole rings is 1. The maximum Gasteiger partial charge on any atom is 0.345 e. The molecule has 0 spiro atoms. The van der Waals surface area contributed by atoms with Crippen molar-refractivity contribution in [2.45, 2.75) is 25.3 Å². The number of hydrogen-bond acceptors (Lipinski definition) is 6. The Morgan fingerprint density at radius 2 is 1.73 bits per heavy atom. The number of hydrazone groups is 1. The van der Waals surface area contributed by atoms with Gasteiger partial charge >= 0.3 is 5.63 Å². The zero-order chi connectivity index (χ0) is 27.2. The molecule has 2 atom stereocenters. The van der Waals surface area contributed by atoms with Gasteiger partial charge in [0.2, 0.25) is 5.13 Å². The Balaban J connectivity index is 1.31. The number of aromatic nitrogens is 1. The van der Waals surface area contributed by atoms with Crippen LogP contribution in [0.3, 0.4) is 0 Å². The molecule has 3 heterocycles. The Bertz CT molecular complexity index is 1840. The molecule has 7 rings (SSSR count). The second kappa shape index (κ2) is 9.95. The van der Waals surface area contributed by atoms with Gasteiger partial charge < -0.3 is 4.42 Å². The van der Waals surface area contributed by atoms with E-state index in [1.54, 1.807) is 36.4 Å². The predicted molar refractivity (Wildman–Crippen MR) is 154 cm³/mol. The molecule has 40 heavy (non-hydrogen) atoms. The number of fused-ring (bicyclic) bond motifs is 2. The third-order valence-electron chi connectivity index (χ3n) is 7.53. The first-order valence-corrected chi connectivity index (χ1v) is 14.0. The molecule has 0 radical (unpaired) electrons. The Morgan fingerprint density at radius 1 is 0.975 bits per heavy atom. The lowest BCUT2D eigenvalue weighted by Crippen LogP contribution is -2.28. The molecule has 8 heteroatoms. The molecule has 2 unspecified atom stereocenters. The van der Waals surface area contributed by atoms with E-state index in [1.165, 1.54) is 35.6 Å². The second-order valence-corrected chi connectivity index (χ2v) is 10.9. The molecule has 2 aliphatic rings. The maximum atomic E-state index is 13.9. The molecule has 1 fully saturated rings. The monoisotopic (exact) mass is 551 g/mol. The number of rotatable bonds is 4. The number of halogens is 2. The first-order chi connectivity index (χ1) is 19.5. The van der Waals surface area contributed by atoms with Gasteiger partial charge in [0.1, 0.15) is 17.2 Å². The number of para-hydroxylation sites is 1. The van der Waals surface area contributed by atoms with Crippen molar-refractivity contribution in [3.8, 4) is 11.3 Å². The van der Waals surface area contributed by atoms with Crippen LogP contribution in [-0.4, -0.2) is 10.7 Å². The van der Waals surface area contributed by atoms with Gasteiger partial charge in [-0.3, -0.25) is 0 Å². The fourth-order valence-electron chi connectivity index (χ4n) is 5.65. The lowest BCUT2D eigenvalue weighted by molar-refractivity contribution is 0.486. The molecular formula is C32H23F2N3O2S. The summed E-state index contributed by atoms with van der Waals surface area (Å²) in [5.74, 6) is -0.497. The standard InChI is InChI=1S/C32H23F2N3O2S/c33-23-12-8-19(9-13-23)16-22-5-3-6-25-29(22)36-37(30(25)20-10-14-24(34)15-11-20)32-35-27(18-40-32)26-17-21-4-1-2-7-28(21)39-31(26)38/h1-2,4,7-18,25,30H,3,5-6H2. The molecule has 3 aromatic carbocycles. The van der Waals surface area contributed by atoms with Gasteiger partial charge in [-0.1, -0.05) is 42.5 Å². The number of hydrogen-bond donors (Lipinski definition) is 0. The molecule has 5 nitrogen and oxygen atoms in total. The van der Waals surface area contributed by atoms with E-state index in [2.05, 4.69) is 6.08 Å². The van der Waals surface area contributed by atoms with Gasteiger partial charge in [-0.15, -0.1) is 11.3 Å². The quantitative estimate of drug-likeness (QED) is 0.212. The van der Waals surface area contributed by atoms with E-state index in [-0.39, 0.29) is 23.6 Å². The second-order valence-electron chi connectivity index (χ2n) is 10.0. The molecule has 0 amide bonds. The lowest BCUT2D eigenvalue weighted by atomic mass is 9.77. The Kier molecular flexibility index (Phi) is 6.12. The van der Waals surface area contributed by atoms with Crippen LogP contribution in [-0.2, 0) is 0 Å². The molecule has 0 saturated heterocycles. The minimum Gasteiger partial charge on any atom is -0.422 e. The van der Waals surface area contributed by atoms with Crippen LogP contribution in [0.2, 0.25) is 0 Å². The van der Waals surface area contributed by atoms with Crippen molar-refractivity contribution in [3.63, 3.8) is 0 Å². The molecule has 0 bridgehead atoms. The van der Waals surface area contributed by atoms with Gasteiger partial charge in [0.15, 0.2) is 0 Å². The zero-order valence-corrected chi connectivity index (χ0v) is 22.1. The summed E-state index contributed by atoms with van der Waals surface area (Å²) in [5.41, 5.74) is 4.91. The highest BCUT2D eigenvalue weighted by atomic mass is 32.1. The van der Waals surface area contributed by atoms with E-state index in [0.717, 1.165) is 47.1 Å². The van der Waals surface area contributed by atoms with Gasteiger partial charge in [0.05, 0.1) is 23.0 Å². The van der Waals surface area contributed by atoms with Gasteiger partial charge in [0, 0.05) is 16.7 Å². The smallest absolute Gasteiger partial charge is 0.345 e. The van der Waals surface area contributed by atoms with Crippen molar-refractivity contribution >= 4 is 39.2 Å². The minimum atomic E-state index is -0.448. The zero-order valence-electron chi connectivity index (χ0n) is 21.3. The van der Waals surface area contributed by atoms with Crippen LogP contribution in [0.15, 0.2) is 104 Å². The summed E-state index contributed by atoms with van der Waals surface area (Å²) in [6.45, 7) is 0. The largest absolute Gasteiger partial charge is 0.422 e. The fourth-order valence-corrected chi connectivity index (χ4v) is 6.46. The number of benzene rings is 3. The highest BCUT2D eigenvalue weighted by molar-refractivity contribution is 7.14. The van der Waals surface area contributed by atoms with E-state index in [9.17, 15) is 13.6 Å². The highest BCUT2D eigenvalue weighted by Crippen LogP contribution is 2.47. The molecule has 1 saturated carbocycles. The van der Waals surface area contributed by atoms with Crippen molar-refractivity contribution in [2.24, 2.45) is 11.0 Å². The summed E-state index contributed by atoms with van der Waals surface area (Å²) in [7, 11) is 0. The molecule has 5 aromatic rings. The normalized spacial score (nSPS) is 19.7. The van der Waals surface area contributed by atoms with Crippen molar-refractivity contribution < 1.29 is 13.2 Å². The van der Waals surface area contributed by atoms with E-state index < -0.39 is 5.63 Å². The average Bonchev–Trinajstić information content (AvgIpc) is 3.60. The molecule has 198 valence electrons. The average molecular weight is 552 g/mol. The van der Waals surface area contributed by atoms with Gasteiger partial charge in [-0.05, 0) is 78.4 Å². The summed E-state index contributed by atoms with van der Waals surface area (Å²) in [6, 6.07) is 22.0. The van der Waals surface area contributed by atoms with E-state index in [0.29, 0.717) is 22.0 Å². The van der Waals surface area contributed by atoms with Crippen molar-refractivity contribution in [3.05, 3.63) is 123 Å². The fraction of sp³-hybridized carbons (Fsp3) is 0.156. The summed E-state index contributed by atoms with van der Waals surface area (Å²) in [4.78, 5) is 17.7. The van der Waals surface area contributed by atoms with Crippen molar-refractivity contribution in [1.29, 1.82) is 0 Å². The van der Waals surface area contributed by atoms with Crippen molar-refractivity contribution in [1.82, 2.24) is 4.98 Å². The van der Waals surface area contributed by atoms with Crippen LogP contribution in [0.4, 0.5) is 13.9 Å². The molecule has 1 aliphatic heterocycles. The van der Waals surface area contributed by atoms with E-state index in [4.69, 9.17) is 14.5 Å². The third kappa shape index (κ3) is 4.44. The first-order valence-electron chi connectivity index (χ1n) is 13.1. The van der Waals surface area contributed by atoms with Crippen LogP contribution >= 0.6 is 11.3 Å². The topological polar surface area (TPSA) is 58.7 Å². The van der Waals surface area contributed by atoms with Crippen LogP contribution in [0, 0.1) is 17.6 Å². The molecule has 0 N–H and O–H groups in total. The Labute approximate surface area is 232 Å². The first kappa shape index (κ1) is 24.6. The van der Waals surface area contributed by atoms with Crippen LogP contribution in [0.25, 0.3) is 28.3 Å². The van der Waals surface area contributed by atoms with Gasteiger partial charge in [-0.25, -0.2) is 23.6 Å². The molecular weight excluding hydrogens is 528 g/mol. The summed E-state index contributed by atoms with van der Waals surface area (Å²) >= 11 is 1.40. The Morgan fingerprint density at radius 3 is 2.52 bits per heavy atom. The number of anilines is 1. The molecule has 1 aliphatic carbocycles. The Hall–Kier alpha value is -4.43. The lowest BCUT2D eigenvalue weighted by Gasteiger charge is -2.29. The number of nitrogens with zero attached hydrogens (tertiary/aromatic N) is 3. The molecule has 2 aromatic heterocycles. The maximum absolute atomic E-state index is 13.9. The van der Waals surface area contributed by atoms with Crippen molar-refractivity contribution in [2.75, 3.05) is 5.01 Å². The number of allylic oxidation sites excluding steroid dienone is 1. The van der Waals surface area contributed by atoms with Gasteiger partial charge in [-0.2, -0.15) is 5.10 Å². The highest BCUT2D eigenvalue weighted by Gasteiger charge is 2.43. The van der Waals surface area contributed by atoms with Crippen LogP contribution in [0.5, 0.6) is 0 Å². The summed E-state index contributed by atoms with van der Waals surface area (Å²) < 4.78 is 32.9. The minimum absolute atomic E-state index is 0.0731. The van der Waals surface area contributed by atoms with Crippen LogP contribution in [0.1, 0.15) is 36.4 Å². The SMILES string of the molecule is O=c1oc2ccccc2cc1-c1csc(N2N=C3C(=Cc4ccc(F)cc4)CCCC3C2c2ccc(F)cc2)n1. The predicted octanol–water partition coefficient (Wildman–Crippen LogP) is 8.00. The third-order valence-corrected chi connectivity index (χ3v) is 8.36. The summed E-state index contributed by atoms with van der Waals surface area (Å²) in [6.07, 6.45) is 4.83. The summed E-state index contributed by atoms with van der Waals surface area (Å²) in [5, 5.41) is 10.3. The van der Waals surface area contributed by atoms with Crippen LogP contribution < -0.4 is 10.6 Å². The van der Waals surface area contributed by atoms with Gasteiger partial charge in [0.25, 0.3) is 0 Å². The van der Waals surface area contributed by atoms with E-state index >= 15 is 0 Å².